The number of fused-ring (bicyclic) bond motifs is 1. The highest BCUT2D eigenvalue weighted by Crippen LogP contribution is 2.41. The van der Waals surface area contributed by atoms with Crippen LogP contribution in [0.1, 0.15) is 18.4 Å². The van der Waals surface area contributed by atoms with Crippen molar-refractivity contribution >= 4 is 6.03 Å². The van der Waals surface area contributed by atoms with Crippen LogP contribution in [0.25, 0.3) is 0 Å². The largest absolute Gasteiger partial charge is 0.380 e. The molecule has 0 radical (unpaired) electrons. The number of ether oxygens (including phenoxy) is 1. The van der Waals surface area contributed by atoms with Gasteiger partial charge in [0, 0.05) is 69.4 Å². The summed E-state index contributed by atoms with van der Waals surface area (Å²) < 4.78 is 7.62. The van der Waals surface area contributed by atoms with Crippen molar-refractivity contribution < 1.29 is 9.53 Å². The third kappa shape index (κ3) is 3.02. The van der Waals surface area contributed by atoms with Gasteiger partial charge in [-0.1, -0.05) is 0 Å². The van der Waals surface area contributed by atoms with Crippen molar-refractivity contribution in [1.29, 1.82) is 0 Å². The smallest absolute Gasteiger partial charge is 0.317 e. The van der Waals surface area contributed by atoms with Gasteiger partial charge in [-0.25, -0.2) is 4.79 Å². The number of urea groups is 1. The highest BCUT2D eigenvalue weighted by atomic mass is 16.5. The highest BCUT2D eigenvalue weighted by molar-refractivity contribution is 5.74. The molecule has 3 aliphatic heterocycles. The molecule has 0 aromatic carbocycles. The molecule has 4 rings (SSSR count). The lowest BCUT2D eigenvalue weighted by molar-refractivity contribution is 0.125. The van der Waals surface area contributed by atoms with Crippen molar-refractivity contribution in [2.24, 2.45) is 18.4 Å². The molecule has 4 heterocycles. The number of aryl methyl sites for hydroxylation is 1. The van der Waals surface area contributed by atoms with Crippen LogP contribution in [0.15, 0.2) is 12.4 Å². The Morgan fingerprint density at radius 2 is 2.29 bits per heavy atom. The maximum absolute atomic E-state index is 12.3. The molecular weight excluding hydrogens is 306 g/mol. The summed E-state index contributed by atoms with van der Waals surface area (Å²) in [4.78, 5) is 16.7. The van der Waals surface area contributed by atoms with Crippen LogP contribution >= 0.6 is 0 Å². The predicted octanol–water partition coefficient (Wildman–Crippen LogP) is 0.674. The second kappa shape index (κ2) is 6.37. The molecule has 7 heteroatoms. The molecule has 3 fully saturated rings. The fourth-order valence-corrected chi connectivity index (χ4v) is 4.41. The molecule has 0 aliphatic carbocycles. The van der Waals surface area contributed by atoms with Gasteiger partial charge in [0.1, 0.15) is 0 Å². The minimum Gasteiger partial charge on any atom is -0.380 e. The molecule has 24 heavy (non-hydrogen) atoms. The first kappa shape index (κ1) is 15.9. The number of carbonyl (C=O) groups excluding carboxylic acids is 1. The first-order valence-electron chi connectivity index (χ1n) is 8.95. The molecule has 7 nitrogen and oxygen atoms in total. The van der Waals surface area contributed by atoms with E-state index in [-0.39, 0.29) is 11.4 Å². The summed E-state index contributed by atoms with van der Waals surface area (Å²) >= 11 is 0. The predicted molar refractivity (Wildman–Crippen MR) is 89.4 cm³/mol. The van der Waals surface area contributed by atoms with Gasteiger partial charge in [-0.15, -0.1) is 0 Å². The molecule has 3 saturated heterocycles. The average Bonchev–Trinajstić information content (AvgIpc) is 3.29. The Labute approximate surface area is 142 Å². The Hall–Kier alpha value is -1.60. The summed E-state index contributed by atoms with van der Waals surface area (Å²) in [6.07, 6.45) is 6.27. The Morgan fingerprint density at radius 3 is 3.04 bits per heavy atom. The van der Waals surface area contributed by atoms with E-state index < -0.39 is 0 Å². The zero-order chi connectivity index (χ0) is 16.6. The Bertz CT molecular complexity index is 598. The van der Waals surface area contributed by atoms with E-state index in [1.807, 2.05) is 22.8 Å². The second-order valence-corrected chi connectivity index (χ2v) is 7.62. The van der Waals surface area contributed by atoms with Gasteiger partial charge in [-0.3, -0.25) is 9.58 Å². The quantitative estimate of drug-likeness (QED) is 0.880. The van der Waals surface area contributed by atoms with Gasteiger partial charge in [0.15, 0.2) is 0 Å². The average molecular weight is 333 g/mol. The van der Waals surface area contributed by atoms with Gasteiger partial charge in [-0.2, -0.15) is 5.10 Å². The molecule has 1 aromatic heterocycles. The molecule has 0 spiro atoms. The van der Waals surface area contributed by atoms with E-state index >= 15 is 0 Å². The summed E-state index contributed by atoms with van der Waals surface area (Å²) in [6, 6.07) is 0.0956. The SMILES string of the molecule is Cn1cc(CN2C[C@@H]3COC[C@]3(CNC(=O)N3CCCC3)C2)cn1. The van der Waals surface area contributed by atoms with Crippen LogP contribution in [0, 0.1) is 11.3 Å². The van der Waals surface area contributed by atoms with Crippen LogP contribution < -0.4 is 5.32 Å². The lowest BCUT2D eigenvalue weighted by Crippen LogP contribution is -2.47. The van der Waals surface area contributed by atoms with E-state index in [9.17, 15) is 4.79 Å². The van der Waals surface area contributed by atoms with Crippen molar-refractivity contribution in [3.63, 3.8) is 0 Å². The number of amides is 2. The normalized spacial score (nSPS) is 30.0. The molecule has 2 atom stereocenters. The molecule has 3 aliphatic rings. The van der Waals surface area contributed by atoms with Gasteiger partial charge in [0.25, 0.3) is 0 Å². The Balaban J connectivity index is 1.36. The number of nitrogens with one attached hydrogen (secondary N) is 1. The minimum atomic E-state index is 0.0671. The van der Waals surface area contributed by atoms with Crippen molar-refractivity contribution in [3.05, 3.63) is 18.0 Å². The lowest BCUT2D eigenvalue weighted by atomic mass is 9.81. The first-order valence-corrected chi connectivity index (χ1v) is 8.95. The number of rotatable bonds is 4. The van der Waals surface area contributed by atoms with Crippen LogP contribution in [-0.4, -0.2) is 71.5 Å². The molecule has 0 bridgehead atoms. The summed E-state index contributed by atoms with van der Waals surface area (Å²) in [5.74, 6) is 0.507. The van der Waals surface area contributed by atoms with E-state index in [1.165, 1.54) is 5.56 Å². The lowest BCUT2D eigenvalue weighted by Gasteiger charge is -2.29. The monoisotopic (exact) mass is 333 g/mol. The summed E-state index contributed by atoms with van der Waals surface area (Å²) in [5.41, 5.74) is 1.31. The second-order valence-electron chi connectivity index (χ2n) is 7.62. The number of likely N-dealkylation sites (tertiary alicyclic amines) is 2. The molecule has 0 unspecified atom stereocenters. The van der Waals surface area contributed by atoms with Gasteiger partial charge in [0.05, 0.1) is 19.4 Å². The molecule has 2 amide bonds. The zero-order valence-electron chi connectivity index (χ0n) is 14.4. The van der Waals surface area contributed by atoms with Crippen LogP contribution in [0.4, 0.5) is 4.79 Å². The van der Waals surface area contributed by atoms with Crippen LogP contribution in [0.3, 0.4) is 0 Å². The van der Waals surface area contributed by atoms with E-state index in [0.29, 0.717) is 5.92 Å². The maximum Gasteiger partial charge on any atom is 0.317 e. The number of aromatic nitrogens is 2. The Morgan fingerprint density at radius 1 is 1.46 bits per heavy atom. The molecule has 0 saturated carbocycles. The zero-order valence-corrected chi connectivity index (χ0v) is 14.4. The standard InChI is InChI=1S/C17H27N5O2/c1-20-7-14(6-19-20)8-21-9-15-10-24-13-17(15,12-21)11-18-16(23)22-4-2-3-5-22/h6-7,15H,2-5,8-13H2,1H3,(H,18,23)/t15-,17+/m1/s1. The van der Waals surface area contributed by atoms with E-state index in [2.05, 4.69) is 21.5 Å². The first-order chi connectivity index (χ1) is 11.6. The summed E-state index contributed by atoms with van der Waals surface area (Å²) in [7, 11) is 1.95. The topological polar surface area (TPSA) is 62.6 Å². The van der Waals surface area contributed by atoms with Crippen LogP contribution in [-0.2, 0) is 18.3 Å². The summed E-state index contributed by atoms with van der Waals surface area (Å²) in [6.45, 7) is 7.01. The van der Waals surface area contributed by atoms with Crippen molar-refractivity contribution in [3.8, 4) is 0 Å². The highest BCUT2D eigenvalue weighted by Gasteiger charge is 2.50. The number of carbonyl (C=O) groups is 1. The fraction of sp³-hybridized carbons (Fsp3) is 0.765. The van der Waals surface area contributed by atoms with Gasteiger partial charge in [0.2, 0.25) is 0 Å². The number of nitrogens with zero attached hydrogens (tertiary/aromatic N) is 4. The minimum absolute atomic E-state index is 0.0671. The van der Waals surface area contributed by atoms with Crippen LogP contribution in [0.5, 0.6) is 0 Å². The van der Waals surface area contributed by atoms with Crippen molar-refractivity contribution in [2.75, 3.05) is 45.9 Å². The van der Waals surface area contributed by atoms with Gasteiger partial charge >= 0.3 is 6.03 Å². The Kier molecular flexibility index (Phi) is 4.22. The molecule has 132 valence electrons. The van der Waals surface area contributed by atoms with Gasteiger partial charge < -0.3 is 15.0 Å². The van der Waals surface area contributed by atoms with E-state index in [4.69, 9.17) is 4.74 Å². The van der Waals surface area contributed by atoms with E-state index in [0.717, 1.165) is 65.3 Å². The number of hydrogen-bond acceptors (Lipinski definition) is 4. The third-order valence-corrected chi connectivity index (χ3v) is 5.74. The van der Waals surface area contributed by atoms with Crippen LogP contribution in [0.2, 0.25) is 0 Å². The fourth-order valence-electron chi connectivity index (χ4n) is 4.41. The summed E-state index contributed by atoms with van der Waals surface area (Å²) in [5, 5.41) is 7.44. The molecule has 1 N–H and O–H groups in total. The van der Waals surface area contributed by atoms with Gasteiger partial charge in [-0.05, 0) is 12.8 Å². The third-order valence-electron chi connectivity index (χ3n) is 5.74. The van der Waals surface area contributed by atoms with E-state index in [1.54, 1.807) is 0 Å². The van der Waals surface area contributed by atoms with Crippen molar-refractivity contribution in [1.82, 2.24) is 24.9 Å². The molecule has 1 aromatic rings. The maximum atomic E-state index is 12.3. The molecular formula is C17H27N5O2. The van der Waals surface area contributed by atoms with Crippen molar-refractivity contribution in [2.45, 2.75) is 19.4 Å². The number of hydrogen-bond donors (Lipinski definition) is 1.